The Morgan fingerprint density at radius 3 is 2.29 bits per heavy atom. The number of hydrogen-bond acceptors (Lipinski definition) is 6. The van der Waals surface area contributed by atoms with Crippen LogP contribution in [0.15, 0.2) is 36.4 Å². The fourth-order valence-corrected chi connectivity index (χ4v) is 4.24. The monoisotopic (exact) mass is 419 g/mol. The molecule has 2 aliphatic heterocycles. The van der Waals surface area contributed by atoms with E-state index in [0.29, 0.717) is 30.1 Å². The van der Waals surface area contributed by atoms with Gasteiger partial charge in [-0.3, -0.25) is 0 Å². The summed E-state index contributed by atoms with van der Waals surface area (Å²) in [5.41, 5.74) is 4.81. The van der Waals surface area contributed by atoms with Gasteiger partial charge in [0, 0.05) is 44.8 Å². The van der Waals surface area contributed by atoms with E-state index in [1.165, 1.54) is 11.1 Å². The largest absolute Gasteiger partial charge is 0.492 e. The van der Waals surface area contributed by atoms with Gasteiger partial charge in [0.25, 0.3) is 0 Å². The van der Waals surface area contributed by atoms with Gasteiger partial charge in [0.05, 0.1) is 17.7 Å². The van der Waals surface area contributed by atoms with Gasteiger partial charge in [0.1, 0.15) is 18.4 Å². The lowest BCUT2D eigenvalue weighted by Gasteiger charge is -2.34. The third kappa shape index (κ3) is 5.25. The molecule has 2 aromatic rings. The highest BCUT2D eigenvalue weighted by atomic mass is 16.5. The van der Waals surface area contributed by atoms with Crippen LogP contribution in [0.5, 0.6) is 5.75 Å². The van der Waals surface area contributed by atoms with Crippen LogP contribution in [0.4, 0.5) is 0 Å². The Hall–Kier alpha value is -2.88. The fraction of sp³-hybridized carbons (Fsp3) is 0.440. The Bertz CT molecular complexity index is 974. The lowest BCUT2D eigenvalue weighted by Crippen LogP contribution is -2.47. The SMILES string of the molecule is CCOc1cc(CCN2CCN(CCc3ccc4c(c3)COC4=O)CC2)ccc1C#N. The zero-order valence-corrected chi connectivity index (χ0v) is 18.1. The van der Waals surface area contributed by atoms with Gasteiger partial charge in [-0.25, -0.2) is 4.79 Å². The van der Waals surface area contributed by atoms with Crippen molar-refractivity contribution in [2.45, 2.75) is 26.4 Å². The molecule has 0 saturated carbocycles. The average Bonchev–Trinajstić information content (AvgIpc) is 3.17. The zero-order valence-electron chi connectivity index (χ0n) is 18.1. The summed E-state index contributed by atoms with van der Waals surface area (Å²) in [4.78, 5) is 16.6. The van der Waals surface area contributed by atoms with Gasteiger partial charge in [-0.2, -0.15) is 5.26 Å². The van der Waals surface area contributed by atoms with Crippen LogP contribution in [-0.2, 0) is 24.2 Å². The summed E-state index contributed by atoms with van der Waals surface area (Å²) >= 11 is 0. The minimum absolute atomic E-state index is 0.201. The molecule has 6 nitrogen and oxygen atoms in total. The lowest BCUT2D eigenvalue weighted by atomic mass is 10.0. The molecule has 0 atom stereocenters. The Labute approximate surface area is 184 Å². The number of cyclic esters (lactones) is 1. The molecule has 4 rings (SSSR count). The first-order valence-corrected chi connectivity index (χ1v) is 11.1. The maximum Gasteiger partial charge on any atom is 0.338 e. The minimum Gasteiger partial charge on any atom is -0.492 e. The Morgan fingerprint density at radius 2 is 1.65 bits per heavy atom. The maximum atomic E-state index is 11.6. The topological polar surface area (TPSA) is 65.8 Å². The van der Waals surface area contributed by atoms with E-state index in [0.717, 1.165) is 57.7 Å². The average molecular weight is 420 g/mol. The van der Waals surface area contributed by atoms with Gasteiger partial charge in [0.2, 0.25) is 0 Å². The predicted octanol–water partition coefficient (Wildman–Crippen LogP) is 3.03. The highest BCUT2D eigenvalue weighted by Gasteiger charge is 2.21. The molecular formula is C25H29N3O3. The summed E-state index contributed by atoms with van der Waals surface area (Å²) in [6.07, 6.45) is 1.95. The summed E-state index contributed by atoms with van der Waals surface area (Å²) in [7, 11) is 0. The lowest BCUT2D eigenvalue weighted by molar-refractivity contribution is 0.0535. The van der Waals surface area contributed by atoms with Crippen LogP contribution < -0.4 is 4.74 Å². The van der Waals surface area contributed by atoms with Crippen molar-refractivity contribution in [2.75, 3.05) is 45.9 Å². The summed E-state index contributed by atoms with van der Waals surface area (Å²) in [5.74, 6) is 0.489. The molecule has 0 amide bonds. The molecule has 0 spiro atoms. The van der Waals surface area contributed by atoms with Gasteiger partial charge in [0.15, 0.2) is 0 Å². The molecule has 0 radical (unpaired) electrons. The van der Waals surface area contributed by atoms with Crippen molar-refractivity contribution in [1.82, 2.24) is 9.80 Å². The molecule has 1 saturated heterocycles. The van der Waals surface area contributed by atoms with Gasteiger partial charge in [-0.15, -0.1) is 0 Å². The highest BCUT2D eigenvalue weighted by molar-refractivity contribution is 5.93. The first-order chi connectivity index (χ1) is 15.2. The van der Waals surface area contributed by atoms with Crippen molar-refractivity contribution >= 4 is 5.97 Å². The van der Waals surface area contributed by atoms with Crippen molar-refractivity contribution in [3.8, 4) is 11.8 Å². The van der Waals surface area contributed by atoms with Crippen LogP contribution in [0.1, 0.15) is 39.5 Å². The molecule has 0 N–H and O–H groups in total. The smallest absolute Gasteiger partial charge is 0.338 e. The summed E-state index contributed by atoms with van der Waals surface area (Å²) in [6, 6.07) is 14.2. The van der Waals surface area contributed by atoms with E-state index in [4.69, 9.17) is 9.47 Å². The number of ether oxygens (including phenoxy) is 2. The molecule has 1 fully saturated rings. The van der Waals surface area contributed by atoms with E-state index < -0.39 is 0 Å². The Balaban J connectivity index is 1.21. The molecule has 0 unspecified atom stereocenters. The van der Waals surface area contributed by atoms with E-state index in [1.54, 1.807) is 0 Å². The van der Waals surface area contributed by atoms with Crippen LogP contribution in [0, 0.1) is 11.3 Å². The predicted molar refractivity (Wildman–Crippen MR) is 118 cm³/mol. The van der Waals surface area contributed by atoms with Crippen molar-refractivity contribution in [2.24, 2.45) is 0 Å². The second kappa shape index (κ2) is 9.95. The molecule has 2 aliphatic rings. The zero-order chi connectivity index (χ0) is 21.6. The number of carbonyl (C=O) groups excluding carboxylic acids is 1. The first kappa shape index (κ1) is 21.4. The van der Waals surface area contributed by atoms with Crippen molar-refractivity contribution < 1.29 is 14.3 Å². The molecule has 0 aliphatic carbocycles. The van der Waals surface area contributed by atoms with Crippen LogP contribution in [0.25, 0.3) is 0 Å². The third-order valence-corrected chi connectivity index (χ3v) is 6.11. The second-order valence-electron chi connectivity index (χ2n) is 8.13. The number of nitriles is 1. The molecular weight excluding hydrogens is 390 g/mol. The molecule has 0 aromatic heterocycles. The van der Waals surface area contributed by atoms with E-state index in [1.807, 2.05) is 31.2 Å². The minimum atomic E-state index is -0.201. The van der Waals surface area contributed by atoms with Crippen molar-refractivity contribution in [1.29, 1.82) is 5.26 Å². The summed E-state index contributed by atoms with van der Waals surface area (Å²) in [5, 5.41) is 9.20. The molecule has 2 aromatic carbocycles. The van der Waals surface area contributed by atoms with E-state index in [9.17, 15) is 10.1 Å². The van der Waals surface area contributed by atoms with E-state index >= 15 is 0 Å². The van der Waals surface area contributed by atoms with Gasteiger partial charge < -0.3 is 19.3 Å². The molecule has 31 heavy (non-hydrogen) atoms. The number of esters is 1. The third-order valence-electron chi connectivity index (χ3n) is 6.11. The summed E-state index contributed by atoms with van der Waals surface area (Å²) in [6.45, 7) is 9.26. The number of carbonyl (C=O) groups is 1. The van der Waals surface area contributed by atoms with Crippen molar-refractivity contribution in [3.63, 3.8) is 0 Å². The number of nitrogens with zero attached hydrogens (tertiary/aromatic N) is 3. The number of hydrogen-bond donors (Lipinski definition) is 0. The van der Waals surface area contributed by atoms with Crippen LogP contribution in [0.3, 0.4) is 0 Å². The van der Waals surface area contributed by atoms with E-state index in [2.05, 4.69) is 28.0 Å². The standard InChI is InChI=1S/C25H29N3O3/c1-2-30-24-16-20(3-5-21(24)17-26)8-10-28-13-11-27(12-14-28)9-7-19-4-6-23-22(15-19)18-31-25(23)29/h3-6,15-16H,2,7-14,18H2,1H3. The fourth-order valence-electron chi connectivity index (χ4n) is 4.24. The molecule has 6 heteroatoms. The number of rotatable bonds is 8. The number of benzene rings is 2. The number of piperazine rings is 1. The van der Waals surface area contributed by atoms with Crippen LogP contribution in [-0.4, -0.2) is 61.6 Å². The van der Waals surface area contributed by atoms with Gasteiger partial charge >= 0.3 is 5.97 Å². The van der Waals surface area contributed by atoms with Gasteiger partial charge in [-0.05, 0) is 49.1 Å². The Kier molecular flexibility index (Phi) is 6.86. The second-order valence-corrected chi connectivity index (χ2v) is 8.13. The van der Waals surface area contributed by atoms with Gasteiger partial charge in [-0.1, -0.05) is 18.2 Å². The van der Waals surface area contributed by atoms with E-state index in [-0.39, 0.29) is 5.97 Å². The maximum absolute atomic E-state index is 11.6. The van der Waals surface area contributed by atoms with Crippen LogP contribution in [0.2, 0.25) is 0 Å². The normalized spacial score (nSPS) is 16.6. The van der Waals surface area contributed by atoms with Crippen LogP contribution >= 0.6 is 0 Å². The summed E-state index contributed by atoms with van der Waals surface area (Å²) < 4.78 is 10.7. The molecule has 162 valence electrons. The number of fused-ring (bicyclic) bond motifs is 1. The Morgan fingerprint density at radius 1 is 1.00 bits per heavy atom. The first-order valence-electron chi connectivity index (χ1n) is 11.1. The molecule has 0 bridgehead atoms. The quantitative estimate of drug-likeness (QED) is 0.613. The van der Waals surface area contributed by atoms with Crippen molar-refractivity contribution in [3.05, 3.63) is 64.2 Å². The molecule has 2 heterocycles. The highest BCUT2D eigenvalue weighted by Crippen LogP contribution is 2.22.